The zero-order valence-electron chi connectivity index (χ0n) is 21.9. The summed E-state index contributed by atoms with van der Waals surface area (Å²) in [5.74, 6) is -1.65. The first-order valence-electron chi connectivity index (χ1n) is 12.5. The molecule has 4 amide bonds. The molecular weight excluding hydrogens is 464 g/mol. The second-order valence-corrected chi connectivity index (χ2v) is 10.2. The van der Waals surface area contributed by atoms with Crippen LogP contribution in [0.25, 0.3) is 0 Å². The highest BCUT2D eigenvalue weighted by Crippen LogP contribution is 2.39. The van der Waals surface area contributed by atoms with Gasteiger partial charge in [0, 0.05) is 24.6 Å². The van der Waals surface area contributed by atoms with Crippen LogP contribution in [-0.2, 0) is 19.1 Å². The molecule has 0 aliphatic heterocycles. The summed E-state index contributed by atoms with van der Waals surface area (Å²) in [6, 6.07) is 2.54. The third-order valence-electron chi connectivity index (χ3n) is 5.78. The van der Waals surface area contributed by atoms with E-state index in [1.165, 1.54) is 4.90 Å². The molecule has 1 aliphatic rings. The fourth-order valence-corrected chi connectivity index (χ4v) is 3.85. The second-order valence-electron chi connectivity index (χ2n) is 10.2. The highest BCUT2D eigenvalue weighted by molar-refractivity contribution is 5.93. The largest absolute Gasteiger partial charge is 0.507 e. The molecule has 2 rings (SSSR count). The van der Waals surface area contributed by atoms with E-state index in [-0.39, 0.29) is 24.6 Å². The summed E-state index contributed by atoms with van der Waals surface area (Å²) in [5.41, 5.74) is 5.39. The zero-order valence-corrected chi connectivity index (χ0v) is 21.9. The molecule has 36 heavy (non-hydrogen) atoms. The van der Waals surface area contributed by atoms with E-state index >= 15 is 0 Å². The molecule has 0 saturated heterocycles. The lowest BCUT2D eigenvalue weighted by Gasteiger charge is -2.35. The van der Waals surface area contributed by atoms with Gasteiger partial charge in [-0.25, -0.2) is 4.79 Å². The van der Waals surface area contributed by atoms with Gasteiger partial charge in [0.15, 0.2) is 0 Å². The van der Waals surface area contributed by atoms with E-state index < -0.39 is 41.5 Å². The van der Waals surface area contributed by atoms with Crippen LogP contribution >= 0.6 is 0 Å². The number of phenols is 1. The molecule has 1 aromatic rings. The summed E-state index contributed by atoms with van der Waals surface area (Å²) in [4.78, 5) is 52.9. The third kappa shape index (κ3) is 8.42. The molecule has 0 bridgehead atoms. The van der Waals surface area contributed by atoms with Crippen molar-refractivity contribution in [3.05, 3.63) is 29.3 Å². The molecule has 0 heterocycles. The maximum absolute atomic E-state index is 13.9. The summed E-state index contributed by atoms with van der Waals surface area (Å²) in [5, 5.41) is 16.3. The number of para-hydroxylation sites is 1. The van der Waals surface area contributed by atoms with Crippen molar-refractivity contribution >= 4 is 23.8 Å². The van der Waals surface area contributed by atoms with E-state index in [4.69, 9.17) is 10.5 Å². The van der Waals surface area contributed by atoms with Crippen LogP contribution in [-0.4, -0.2) is 58.1 Å². The van der Waals surface area contributed by atoms with Crippen LogP contribution in [0.4, 0.5) is 4.79 Å². The van der Waals surface area contributed by atoms with Crippen molar-refractivity contribution in [2.24, 2.45) is 5.73 Å². The summed E-state index contributed by atoms with van der Waals surface area (Å²) in [7, 11) is 0. The van der Waals surface area contributed by atoms with Gasteiger partial charge in [0.25, 0.3) is 0 Å². The lowest BCUT2D eigenvalue weighted by atomic mass is 9.98. The number of rotatable bonds is 12. The maximum atomic E-state index is 13.9. The lowest BCUT2D eigenvalue weighted by Crippen LogP contribution is -2.54. The SMILES string of the molecule is CCCCNC(=O)C(c1cccc(C)c1O)N(C(=O)C(CCC(N)=O)NC(=O)OC(C)(C)C)C1CC1. The van der Waals surface area contributed by atoms with E-state index in [1.807, 2.05) is 6.92 Å². The minimum atomic E-state index is -1.15. The minimum Gasteiger partial charge on any atom is -0.507 e. The number of ether oxygens (including phenoxy) is 1. The zero-order chi connectivity index (χ0) is 27.0. The molecule has 2 unspecified atom stereocenters. The number of nitrogens with zero attached hydrogens (tertiary/aromatic N) is 1. The summed E-state index contributed by atoms with van der Waals surface area (Å²) in [6.45, 7) is 9.23. The molecule has 1 aliphatic carbocycles. The monoisotopic (exact) mass is 504 g/mol. The molecule has 1 saturated carbocycles. The van der Waals surface area contributed by atoms with Gasteiger partial charge in [-0.15, -0.1) is 0 Å². The van der Waals surface area contributed by atoms with Crippen LogP contribution in [0.15, 0.2) is 18.2 Å². The smallest absolute Gasteiger partial charge is 0.408 e. The number of carbonyl (C=O) groups excluding carboxylic acids is 4. The summed E-state index contributed by atoms with van der Waals surface area (Å²) < 4.78 is 5.32. The lowest BCUT2D eigenvalue weighted by molar-refractivity contribution is -0.143. The number of alkyl carbamates (subject to hydrolysis) is 1. The van der Waals surface area contributed by atoms with E-state index in [2.05, 4.69) is 10.6 Å². The minimum absolute atomic E-state index is 0.0550. The van der Waals surface area contributed by atoms with E-state index in [9.17, 15) is 24.3 Å². The van der Waals surface area contributed by atoms with Crippen molar-refractivity contribution in [2.75, 3.05) is 6.54 Å². The Labute approximate surface area is 212 Å². The molecule has 0 aromatic heterocycles. The highest BCUT2D eigenvalue weighted by Gasteiger charge is 2.44. The Morgan fingerprint density at radius 1 is 1.22 bits per heavy atom. The van der Waals surface area contributed by atoms with Gasteiger partial charge in [0.05, 0.1) is 0 Å². The number of benzene rings is 1. The van der Waals surface area contributed by atoms with Crippen LogP contribution in [0.3, 0.4) is 0 Å². The number of phenolic OH excluding ortho intramolecular Hbond substituents is 1. The van der Waals surface area contributed by atoms with Crippen molar-refractivity contribution in [2.45, 2.75) is 96.9 Å². The Balaban J connectivity index is 2.46. The molecule has 1 fully saturated rings. The third-order valence-corrected chi connectivity index (χ3v) is 5.78. The predicted octanol–water partition coefficient (Wildman–Crippen LogP) is 2.81. The van der Waals surface area contributed by atoms with Crippen molar-refractivity contribution in [1.82, 2.24) is 15.5 Å². The first-order chi connectivity index (χ1) is 16.9. The molecule has 5 N–H and O–H groups in total. The molecule has 2 atom stereocenters. The van der Waals surface area contributed by atoms with Crippen molar-refractivity contribution in [1.29, 1.82) is 0 Å². The van der Waals surface area contributed by atoms with Gasteiger partial charge in [-0.3, -0.25) is 14.4 Å². The average molecular weight is 505 g/mol. The van der Waals surface area contributed by atoms with E-state index in [1.54, 1.807) is 45.9 Å². The molecular formula is C26H40N4O6. The van der Waals surface area contributed by atoms with Gasteiger partial charge in [-0.05, 0) is 58.9 Å². The number of aryl methyl sites for hydroxylation is 1. The Morgan fingerprint density at radius 3 is 2.44 bits per heavy atom. The van der Waals surface area contributed by atoms with E-state index in [0.29, 0.717) is 30.5 Å². The standard InChI is InChI=1S/C26H40N4O6/c1-6-7-15-28-23(33)21(18-10-8-9-16(2)22(18)32)30(17-11-12-17)24(34)19(13-14-20(27)31)29-25(35)36-26(3,4)5/h8-10,17,19,21,32H,6-7,11-15H2,1-5H3,(H2,27,31)(H,28,33)(H,29,35). The number of aromatic hydroxyl groups is 1. The Kier molecular flexibility index (Phi) is 10.1. The second kappa shape index (κ2) is 12.6. The topological polar surface area (TPSA) is 151 Å². The number of amides is 4. The van der Waals surface area contributed by atoms with Gasteiger partial charge in [-0.2, -0.15) is 0 Å². The average Bonchev–Trinajstić information content (AvgIpc) is 3.60. The molecule has 0 spiro atoms. The number of nitrogens with two attached hydrogens (primary N) is 1. The van der Waals surface area contributed by atoms with Gasteiger partial charge in [0.1, 0.15) is 23.4 Å². The number of nitrogens with one attached hydrogen (secondary N) is 2. The van der Waals surface area contributed by atoms with E-state index in [0.717, 1.165) is 12.8 Å². The van der Waals surface area contributed by atoms with Crippen molar-refractivity contribution in [3.63, 3.8) is 0 Å². The summed E-state index contributed by atoms with van der Waals surface area (Å²) >= 11 is 0. The molecule has 1 aromatic carbocycles. The van der Waals surface area contributed by atoms with Crippen LogP contribution in [0.5, 0.6) is 5.75 Å². The maximum Gasteiger partial charge on any atom is 0.408 e. The fraction of sp³-hybridized carbons (Fsp3) is 0.615. The fourth-order valence-electron chi connectivity index (χ4n) is 3.85. The molecule has 10 heteroatoms. The number of unbranched alkanes of at least 4 members (excludes halogenated alkanes) is 1. The summed E-state index contributed by atoms with van der Waals surface area (Å²) in [6.07, 6.45) is 1.97. The van der Waals surface area contributed by atoms with Crippen LogP contribution in [0.1, 0.15) is 83.4 Å². The number of primary amides is 1. The predicted molar refractivity (Wildman–Crippen MR) is 135 cm³/mol. The molecule has 0 radical (unpaired) electrons. The van der Waals surface area contributed by atoms with Crippen molar-refractivity contribution < 1.29 is 29.0 Å². The van der Waals surface area contributed by atoms with Gasteiger partial charge < -0.3 is 31.1 Å². The van der Waals surface area contributed by atoms with Crippen LogP contribution in [0.2, 0.25) is 0 Å². The van der Waals surface area contributed by atoms with Gasteiger partial charge in [-0.1, -0.05) is 31.5 Å². The Morgan fingerprint density at radius 2 is 1.89 bits per heavy atom. The Bertz CT molecular complexity index is 954. The normalized spacial score (nSPS) is 14.9. The number of carbonyl (C=O) groups is 4. The highest BCUT2D eigenvalue weighted by atomic mass is 16.6. The first-order valence-corrected chi connectivity index (χ1v) is 12.5. The van der Waals surface area contributed by atoms with Crippen molar-refractivity contribution in [3.8, 4) is 5.75 Å². The molecule has 10 nitrogen and oxygen atoms in total. The molecule has 200 valence electrons. The quantitative estimate of drug-likeness (QED) is 0.321. The van der Waals surface area contributed by atoms with Crippen LogP contribution < -0.4 is 16.4 Å². The Hall–Kier alpha value is -3.30. The van der Waals surface area contributed by atoms with Gasteiger partial charge >= 0.3 is 6.09 Å². The number of hydrogen-bond acceptors (Lipinski definition) is 6. The number of hydrogen-bond donors (Lipinski definition) is 4. The first kappa shape index (κ1) is 28.9. The van der Waals surface area contributed by atoms with Crippen LogP contribution in [0, 0.1) is 6.92 Å². The van der Waals surface area contributed by atoms with Gasteiger partial charge in [0.2, 0.25) is 17.7 Å².